The number of ether oxygens (including phenoxy) is 3. The minimum absolute atomic E-state index is 0. The lowest BCUT2D eigenvalue weighted by atomic mass is 9.97. The summed E-state index contributed by atoms with van der Waals surface area (Å²) in [5, 5.41) is 0. The number of morpholine rings is 1. The molecule has 7 heteroatoms. The van der Waals surface area contributed by atoms with Gasteiger partial charge in [0.1, 0.15) is 5.82 Å². The van der Waals surface area contributed by atoms with Crippen LogP contribution in [0.3, 0.4) is 0 Å². The van der Waals surface area contributed by atoms with Crippen molar-refractivity contribution in [3.05, 3.63) is 70.8 Å². The molecule has 248 valence electrons. The minimum atomic E-state index is -0.0720. The third kappa shape index (κ3) is 14.5. The van der Waals surface area contributed by atoms with Crippen molar-refractivity contribution in [2.45, 2.75) is 106 Å². The Bertz CT molecular complexity index is 1090. The molecule has 2 heterocycles. The van der Waals surface area contributed by atoms with Gasteiger partial charge in [0.05, 0.1) is 32.0 Å². The normalized spacial score (nSPS) is 24.6. The van der Waals surface area contributed by atoms with Crippen LogP contribution in [0.2, 0.25) is 0 Å². The first-order valence-corrected chi connectivity index (χ1v) is 16.2. The molecule has 1 saturated heterocycles. The summed E-state index contributed by atoms with van der Waals surface area (Å²) in [5.74, 6) is 1.53. The number of nitrogens with zero attached hydrogens (tertiary/aromatic N) is 3. The molecular weight excluding hydrogens is 548 g/mol. The number of hydrogen-bond donors (Lipinski definition) is 1. The van der Waals surface area contributed by atoms with E-state index in [0.29, 0.717) is 18.1 Å². The van der Waals surface area contributed by atoms with E-state index < -0.39 is 0 Å². The van der Waals surface area contributed by atoms with Gasteiger partial charge in [0.15, 0.2) is 0 Å². The number of rotatable bonds is 8. The van der Waals surface area contributed by atoms with E-state index in [4.69, 9.17) is 29.9 Å². The second-order valence-corrected chi connectivity index (χ2v) is 11.9. The summed E-state index contributed by atoms with van der Waals surface area (Å²) in [6, 6.07) is 0.177. The molecule has 4 rings (SSSR count). The molecule has 2 N–H and O–H groups in total. The summed E-state index contributed by atoms with van der Waals surface area (Å²) in [4.78, 5) is 12.0. The summed E-state index contributed by atoms with van der Waals surface area (Å²) < 4.78 is 17.6. The maximum Gasteiger partial charge on any atom is 0.149 e. The van der Waals surface area contributed by atoms with Crippen molar-refractivity contribution < 1.29 is 14.2 Å². The topological polar surface area (TPSA) is 81.7 Å². The Kier molecular flexibility index (Phi) is 19.7. The van der Waals surface area contributed by atoms with Crippen molar-refractivity contribution in [3.8, 4) is 0 Å². The summed E-state index contributed by atoms with van der Waals surface area (Å²) in [7, 11) is 1.78. The maximum atomic E-state index is 6.47. The van der Waals surface area contributed by atoms with Crippen LogP contribution in [0.1, 0.15) is 88.0 Å². The number of allylic oxidation sites excluding steroid dienone is 6. The highest BCUT2D eigenvalue weighted by atomic mass is 16.5. The molecule has 0 bridgehead atoms. The first kappa shape index (κ1) is 39.4. The third-order valence-electron chi connectivity index (χ3n) is 7.30. The van der Waals surface area contributed by atoms with E-state index in [1.54, 1.807) is 13.3 Å². The van der Waals surface area contributed by atoms with Gasteiger partial charge >= 0.3 is 0 Å². The van der Waals surface area contributed by atoms with E-state index in [1.807, 2.05) is 39.0 Å². The summed E-state index contributed by atoms with van der Waals surface area (Å²) in [6.07, 6.45) is 21.6. The Morgan fingerprint density at radius 3 is 2.57 bits per heavy atom. The Morgan fingerprint density at radius 1 is 1.18 bits per heavy atom. The molecule has 4 aliphatic rings. The molecule has 0 saturated carbocycles. The average molecular weight is 611 g/mol. The van der Waals surface area contributed by atoms with Gasteiger partial charge in [0.2, 0.25) is 0 Å². The van der Waals surface area contributed by atoms with Gasteiger partial charge in [0, 0.05) is 43.9 Å². The molecule has 3 unspecified atom stereocenters. The van der Waals surface area contributed by atoms with E-state index in [1.165, 1.54) is 11.1 Å². The second-order valence-electron chi connectivity index (χ2n) is 11.9. The number of hydrogen-bond acceptors (Lipinski definition) is 7. The lowest BCUT2D eigenvalue weighted by molar-refractivity contribution is 0.0130. The zero-order valence-electron chi connectivity index (χ0n) is 28.1. The largest absolute Gasteiger partial charge is 0.398 e. The van der Waals surface area contributed by atoms with Gasteiger partial charge in [-0.15, -0.1) is 0 Å². The molecule has 3 atom stereocenters. The monoisotopic (exact) mass is 610 g/mol. The first-order valence-electron chi connectivity index (χ1n) is 16.2. The predicted octanol–water partition coefficient (Wildman–Crippen LogP) is 7.97. The zero-order valence-corrected chi connectivity index (χ0v) is 28.1. The van der Waals surface area contributed by atoms with E-state index in [2.05, 4.69) is 56.9 Å². The van der Waals surface area contributed by atoms with Gasteiger partial charge in [-0.2, -0.15) is 0 Å². The van der Waals surface area contributed by atoms with E-state index in [-0.39, 0.29) is 25.7 Å². The van der Waals surface area contributed by atoms with Crippen LogP contribution >= 0.6 is 0 Å². The van der Waals surface area contributed by atoms with Gasteiger partial charge in [-0.05, 0) is 75.2 Å². The highest BCUT2D eigenvalue weighted by Crippen LogP contribution is 2.24. The van der Waals surface area contributed by atoms with Crippen LogP contribution in [-0.2, 0) is 14.2 Å². The van der Waals surface area contributed by atoms with Crippen molar-refractivity contribution >= 4 is 11.9 Å². The Balaban J connectivity index is 0.00000128. The van der Waals surface area contributed by atoms with Crippen LogP contribution in [0.5, 0.6) is 0 Å². The van der Waals surface area contributed by atoms with Crippen molar-refractivity contribution in [1.29, 1.82) is 0 Å². The average Bonchev–Trinajstić information content (AvgIpc) is 3.32. The van der Waals surface area contributed by atoms with Gasteiger partial charge < -0.3 is 19.9 Å². The molecule has 0 amide bonds. The Hall–Kier alpha value is -2.58. The van der Waals surface area contributed by atoms with Crippen molar-refractivity contribution in [3.63, 3.8) is 0 Å². The molecular formula is C37H62N4O3. The molecule has 7 nitrogen and oxygen atoms in total. The molecule has 0 spiro atoms. The predicted molar refractivity (Wildman–Crippen MR) is 189 cm³/mol. The van der Waals surface area contributed by atoms with E-state index in [9.17, 15) is 0 Å². The van der Waals surface area contributed by atoms with Crippen LogP contribution in [-0.4, -0.2) is 75.1 Å². The van der Waals surface area contributed by atoms with Crippen LogP contribution < -0.4 is 5.73 Å². The minimum Gasteiger partial charge on any atom is -0.398 e. The smallest absolute Gasteiger partial charge is 0.149 e. The van der Waals surface area contributed by atoms with Crippen molar-refractivity contribution in [2.24, 2.45) is 21.6 Å². The van der Waals surface area contributed by atoms with Gasteiger partial charge in [-0.25, -0.2) is 9.98 Å². The molecule has 0 radical (unpaired) electrons. The third-order valence-corrected chi connectivity index (χ3v) is 7.30. The van der Waals surface area contributed by atoms with Gasteiger partial charge in [-0.3, -0.25) is 4.90 Å². The Morgan fingerprint density at radius 2 is 1.89 bits per heavy atom. The fraction of sp³-hybridized carbons (Fsp3) is 0.622. The lowest BCUT2D eigenvalue weighted by Crippen LogP contribution is -2.44. The first-order chi connectivity index (χ1) is 20.7. The highest BCUT2D eigenvalue weighted by Gasteiger charge is 2.28. The van der Waals surface area contributed by atoms with Crippen LogP contribution in [0.4, 0.5) is 0 Å². The second kappa shape index (κ2) is 22.0. The lowest BCUT2D eigenvalue weighted by Gasteiger charge is -2.34. The van der Waals surface area contributed by atoms with E-state index in [0.717, 1.165) is 75.6 Å². The fourth-order valence-electron chi connectivity index (χ4n) is 5.09. The standard InChI is InChI=1S/C30H42N4O3.C4H10.C2H6.CH4/c1-22-7-4-5-9-25(17-22)28(31)11-12-32-30-20-26(34-13-15-36-16-14-34)19-29(23(2)33-30)37-21-24-8-6-10-27(18-24)35-3;1-4(2)3;1-2;/h4-5,9,11-12,17-18,20,26-27,29H,6-8,10,13-16,19,21,31H2,1-3H3;4H,1-3H3;1-2H3;1H4/b28-11-,32-12+;;;. The molecule has 0 aromatic carbocycles. The molecule has 0 aromatic heterocycles. The van der Waals surface area contributed by atoms with Crippen LogP contribution in [0, 0.1) is 5.92 Å². The number of aliphatic imine (C=N–C) groups is 2. The van der Waals surface area contributed by atoms with Gasteiger partial charge in [0.25, 0.3) is 0 Å². The number of methoxy groups -OCH3 is 1. The maximum absolute atomic E-state index is 6.47. The fourth-order valence-corrected chi connectivity index (χ4v) is 5.09. The highest BCUT2D eigenvalue weighted by molar-refractivity contribution is 5.88. The van der Waals surface area contributed by atoms with Crippen LogP contribution in [0.15, 0.2) is 80.8 Å². The number of nitrogens with two attached hydrogens (primary N) is 1. The zero-order chi connectivity index (χ0) is 31.6. The Labute approximate surface area is 269 Å². The van der Waals surface area contributed by atoms with Crippen LogP contribution in [0.25, 0.3) is 0 Å². The van der Waals surface area contributed by atoms with Crippen molar-refractivity contribution in [1.82, 2.24) is 4.90 Å². The van der Waals surface area contributed by atoms with Crippen molar-refractivity contribution in [2.75, 3.05) is 40.0 Å². The molecule has 0 aromatic rings. The molecule has 44 heavy (non-hydrogen) atoms. The molecule has 2 aliphatic heterocycles. The van der Waals surface area contributed by atoms with Gasteiger partial charge in [-0.1, -0.05) is 78.0 Å². The summed E-state index contributed by atoms with van der Waals surface area (Å²) in [6.45, 7) is 18.6. The van der Waals surface area contributed by atoms with E-state index >= 15 is 0 Å². The summed E-state index contributed by atoms with van der Waals surface area (Å²) in [5.41, 5.74) is 11.6. The summed E-state index contributed by atoms with van der Waals surface area (Å²) >= 11 is 0. The quantitative estimate of drug-likeness (QED) is 0.223. The SMILES string of the molecule is C.CC.CC(C)C.COC1C=C(COC2CC(N3CCOCC3)C=C(/N=C/C=C(\N)C3=CC=CCC(C)=C3)N=C2C)CCC1. The molecule has 2 aliphatic carbocycles. The molecule has 1 fully saturated rings.